The predicted octanol–water partition coefficient (Wildman–Crippen LogP) is 27.5. The molecule has 4 amide bonds. The van der Waals surface area contributed by atoms with Crippen LogP contribution < -0.4 is 28.7 Å². The highest BCUT2D eigenvalue weighted by atomic mass is 16.5. The molecule has 10 heteroatoms. The van der Waals surface area contributed by atoms with Gasteiger partial charge in [-0.15, -0.1) is 0 Å². The van der Waals surface area contributed by atoms with Gasteiger partial charge in [0.2, 0.25) is 0 Å². The molecule has 14 aromatic carbocycles. The average Bonchev–Trinajstić information content (AvgIpc) is 0.669. The molecule has 0 atom stereocenters. The van der Waals surface area contributed by atoms with E-state index >= 15 is 19.2 Å². The first-order valence-corrected chi connectivity index (χ1v) is 42.1. The summed E-state index contributed by atoms with van der Waals surface area (Å²) in [6, 6.07) is 68.2. The molecule has 0 bridgehead atoms. The molecule has 0 aromatic heterocycles. The van der Waals surface area contributed by atoms with Gasteiger partial charge in [0.1, 0.15) is 46.0 Å². The number of aryl methyl sites for hydroxylation is 4. The number of amides is 4. The first-order valence-electron chi connectivity index (χ1n) is 42.1. The van der Waals surface area contributed by atoms with Gasteiger partial charge in [-0.3, -0.25) is 19.2 Å². The lowest BCUT2D eigenvalue weighted by Gasteiger charge is -2.33. The smallest absolute Gasteiger partial charge is 0.266 e. The number of carbonyl (C=O) groups excluding carboxylic acids is 4. The van der Waals surface area contributed by atoms with E-state index in [0.717, 1.165) is 117 Å². The Morgan fingerprint density at radius 1 is 0.241 bits per heavy atom. The maximum Gasteiger partial charge on any atom is 0.266 e. The predicted molar refractivity (Wildman–Crippen MR) is 452 cm³/mol. The van der Waals surface area contributed by atoms with E-state index in [9.17, 15) is 0 Å². The van der Waals surface area contributed by atoms with Crippen molar-refractivity contribution in [2.45, 2.75) is 180 Å². The lowest BCUT2D eigenvalue weighted by Crippen LogP contribution is -2.41. The van der Waals surface area contributed by atoms with Crippen molar-refractivity contribution in [1.82, 2.24) is 0 Å². The molecule has 0 N–H and O–H groups in total. The third-order valence-corrected chi connectivity index (χ3v) is 26.6. The molecule has 560 valence electrons. The summed E-state index contributed by atoms with van der Waals surface area (Å²) in [5.41, 5.74) is 7.08. The third kappa shape index (κ3) is 12.5. The fourth-order valence-corrected chi connectivity index (χ4v) is 21.1. The van der Waals surface area contributed by atoms with E-state index in [0.29, 0.717) is 135 Å². The van der Waals surface area contributed by atoms with Crippen molar-refractivity contribution in [3.63, 3.8) is 0 Å². The molecule has 0 radical (unpaired) electrons. The summed E-state index contributed by atoms with van der Waals surface area (Å²) in [6.45, 7) is 0. The molecule has 14 aromatic rings. The molecule has 0 spiro atoms. The summed E-state index contributed by atoms with van der Waals surface area (Å²) in [7, 11) is 0. The van der Waals surface area contributed by atoms with Crippen molar-refractivity contribution < 1.29 is 38.1 Å². The van der Waals surface area contributed by atoms with Gasteiger partial charge in [-0.25, -0.2) is 9.80 Å². The Labute approximate surface area is 654 Å². The quantitative estimate of drug-likeness (QED) is 0.0375. The number of nitrogens with zero attached hydrogens (tertiary/aromatic N) is 2. The second-order valence-electron chi connectivity index (χ2n) is 33.3. The number of hydrogen-bond donors (Lipinski definition) is 0. The van der Waals surface area contributed by atoms with Gasteiger partial charge in [0.25, 0.3) is 23.6 Å². The van der Waals surface area contributed by atoms with E-state index in [4.69, 9.17) is 18.9 Å². The first kappa shape index (κ1) is 70.0. The minimum absolute atomic E-state index is 0.376. The van der Waals surface area contributed by atoms with Crippen LogP contribution in [0.25, 0.3) is 75.4 Å². The van der Waals surface area contributed by atoms with Crippen molar-refractivity contribution in [3.05, 3.63) is 251 Å². The van der Waals surface area contributed by atoms with Gasteiger partial charge in [0.05, 0.1) is 33.6 Å². The van der Waals surface area contributed by atoms with Crippen LogP contribution in [0.4, 0.5) is 11.4 Å². The van der Waals surface area contributed by atoms with Crippen LogP contribution in [0, 0.1) is 23.7 Å². The first-order chi connectivity index (χ1) is 55.2. The number of anilines is 2. The van der Waals surface area contributed by atoms with Crippen LogP contribution in [0.3, 0.4) is 0 Å². The van der Waals surface area contributed by atoms with Crippen molar-refractivity contribution >= 4 is 110 Å². The van der Waals surface area contributed by atoms with Crippen LogP contribution in [0.5, 0.6) is 46.0 Å². The summed E-state index contributed by atoms with van der Waals surface area (Å²) >= 11 is 0. The maximum absolute atomic E-state index is 16.7. The number of imide groups is 2. The van der Waals surface area contributed by atoms with Gasteiger partial charge < -0.3 is 18.9 Å². The van der Waals surface area contributed by atoms with Crippen LogP contribution in [0.15, 0.2) is 206 Å². The number of ether oxygens (including phenoxy) is 4. The second-order valence-corrected chi connectivity index (χ2v) is 33.3. The van der Waals surface area contributed by atoms with Gasteiger partial charge >= 0.3 is 0 Å². The molecule has 4 saturated carbocycles. The zero-order chi connectivity index (χ0) is 74.9. The molecule has 2 heterocycles. The fraction of sp³-hybridized carbons (Fsp3) is 0.314. The zero-order valence-electron chi connectivity index (χ0n) is 63.9. The van der Waals surface area contributed by atoms with Gasteiger partial charge in [0.15, 0.2) is 0 Å². The number of fused-ring (bicyclic) bond motifs is 4. The highest BCUT2D eigenvalue weighted by molar-refractivity contribution is 6.49. The molecule has 112 heavy (non-hydrogen) atoms. The SMILES string of the molecule is O=C1c2cc(Oc3ccccc3)c3c4ccc5c6c(Oc7ccccc7)cc7c8c(cc(Oc9ccccc9)c(c9ccc(c%10c(Oc%11ccccc%11)cc(c2c3%10)C(=O)N1c1c(CCC2CCCCC2)cccc1CCC1CCCCC1)c4c59)c86)C(=O)N(c1c(CCC2CCCCC2)cccc1CCC1CCCCC1)C7=O. The van der Waals surface area contributed by atoms with E-state index in [2.05, 4.69) is 60.7 Å². The van der Waals surface area contributed by atoms with E-state index in [1.54, 1.807) is 0 Å². The number of benzene rings is 14. The van der Waals surface area contributed by atoms with Crippen LogP contribution in [-0.4, -0.2) is 23.6 Å². The van der Waals surface area contributed by atoms with Crippen molar-refractivity contribution in [3.8, 4) is 46.0 Å². The van der Waals surface area contributed by atoms with Crippen molar-refractivity contribution in [2.24, 2.45) is 23.7 Å². The van der Waals surface area contributed by atoms with Crippen molar-refractivity contribution in [2.75, 3.05) is 9.80 Å². The zero-order valence-corrected chi connectivity index (χ0v) is 63.9. The summed E-state index contributed by atoms with van der Waals surface area (Å²) in [6.07, 6.45) is 31.6. The molecular weight excluding hydrogens is 1380 g/mol. The van der Waals surface area contributed by atoms with Crippen LogP contribution >= 0.6 is 0 Å². The number of para-hydroxylation sites is 6. The maximum atomic E-state index is 16.7. The number of hydrogen-bond acceptors (Lipinski definition) is 8. The minimum atomic E-state index is -0.382. The highest BCUT2D eigenvalue weighted by Gasteiger charge is 2.43. The summed E-state index contributed by atoms with van der Waals surface area (Å²) in [5.74, 6) is 4.91. The summed E-state index contributed by atoms with van der Waals surface area (Å²) in [4.78, 5) is 69.8. The molecule has 0 unspecified atom stereocenters. The third-order valence-electron chi connectivity index (χ3n) is 26.6. The van der Waals surface area contributed by atoms with Gasteiger partial charge in [0, 0.05) is 43.1 Å². The lowest BCUT2D eigenvalue weighted by molar-refractivity contribution is 0.0877. The molecule has 10 nitrogen and oxygen atoms in total. The minimum Gasteiger partial charge on any atom is -0.457 e. The number of rotatable bonds is 22. The number of carbonyl (C=O) groups is 4. The highest BCUT2D eigenvalue weighted by Crippen LogP contribution is 2.59. The van der Waals surface area contributed by atoms with Gasteiger partial charge in [-0.1, -0.05) is 262 Å². The molecule has 4 fully saturated rings. The van der Waals surface area contributed by atoms with Gasteiger partial charge in [-0.05, 0) is 202 Å². The van der Waals surface area contributed by atoms with Crippen LogP contribution in [0.2, 0.25) is 0 Å². The molecule has 6 aliphatic rings. The van der Waals surface area contributed by atoms with E-state index < -0.39 is 0 Å². The Balaban J connectivity index is 0.844. The Morgan fingerprint density at radius 2 is 0.473 bits per heavy atom. The summed E-state index contributed by atoms with van der Waals surface area (Å²) < 4.78 is 29.4. The molecule has 20 rings (SSSR count). The Hall–Kier alpha value is -11.1. The molecule has 0 saturated heterocycles. The summed E-state index contributed by atoms with van der Waals surface area (Å²) in [5, 5.41) is 10.3. The Bertz CT molecular complexity index is 5260. The average molecular weight is 1480 g/mol. The van der Waals surface area contributed by atoms with E-state index in [-0.39, 0.29) is 23.6 Å². The normalized spacial score (nSPS) is 16.9. The Kier molecular flexibility index (Phi) is 18.7. The van der Waals surface area contributed by atoms with Crippen LogP contribution in [0.1, 0.15) is 218 Å². The lowest BCUT2D eigenvalue weighted by atomic mass is 9.79. The van der Waals surface area contributed by atoms with Crippen molar-refractivity contribution in [1.29, 1.82) is 0 Å². The Morgan fingerprint density at radius 3 is 0.705 bits per heavy atom. The monoisotopic (exact) mass is 1470 g/mol. The van der Waals surface area contributed by atoms with E-state index in [1.807, 2.05) is 146 Å². The molecular formula is C102H94N2O8. The largest absolute Gasteiger partial charge is 0.457 e. The fourth-order valence-electron chi connectivity index (χ4n) is 21.1. The topological polar surface area (TPSA) is 112 Å². The van der Waals surface area contributed by atoms with Gasteiger partial charge in [-0.2, -0.15) is 0 Å². The standard InChI is InChI=1S/C102H94N2O8/c105-99-79-59-83(109-71-39-17-5-18-40-71)91-75-55-57-77-88-78(58-56-76(87(75)88)92-84(110-72-41-19-6-20-42-72)60-80(89(79)95(91)92)100(106)103(99)97-67(51-47-63-27-9-1-10-28-63)35-25-36-68(97)52-48-64-29-11-2-12-30-64)94-86(112-74-45-23-8-24-46-74)62-82-90-81(61-85(93(77)96(90)94)111-73-43-21-7-22-44-73)101(107)104(102(82)108)98-69(53-49-65-31-13-3-14-32-65)37-26-38-70(98)54-50-66-33-15-4-16-34-66/h5-8,17-26,35-46,55-66H,1-4,9-16,27-34,47-54H2. The van der Waals surface area contributed by atoms with Crippen LogP contribution in [-0.2, 0) is 25.7 Å². The second kappa shape index (κ2) is 29.9. The molecule has 4 aliphatic carbocycles. The van der Waals surface area contributed by atoms with E-state index in [1.165, 1.54) is 138 Å². The molecule has 2 aliphatic heterocycles.